The molecule has 4 heteroatoms. The van der Waals surface area contributed by atoms with Gasteiger partial charge in [0.15, 0.2) is 0 Å². The lowest BCUT2D eigenvalue weighted by Gasteiger charge is -2.19. The fourth-order valence-corrected chi connectivity index (χ4v) is 2.86. The Balaban J connectivity index is 2.13. The maximum atomic E-state index is 12.0. The SMILES string of the molecule is CCN(C(=O)c1csc(I)c1)C1CC1. The van der Waals surface area contributed by atoms with Crippen LogP contribution in [0.2, 0.25) is 0 Å². The van der Waals surface area contributed by atoms with Crippen molar-refractivity contribution in [3.8, 4) is 0 Å². The Morgan fingerprint density at radius 2 is 2.43 bits per heavy atom. The number of carbonyl (C=O) groups is 1. The quantitative estimate of drug-likeness (QED) is 0.784. The molecule has 76 valence electrons. The van der Waals surface area contributed by atoms with Crippen LogP contribution in [-0.4, -0.2) is 23.4 Å². The number of thiophene rings is 1. The lowest BCUT2D eigenvalue weighted by Crippen LogP contribution is -2.32. The summed E-state index contributed by atoms with van der Waals surface area (Å²) in [6.07, 6.45) is 2.36. The Labute approximate surface area is 101 Å². The van der Waals surface area contributed by atoms with E-state index in [2.05, 4.69) is 22.6 Å². The summed E-state index contributed by atoms with van der Waals surface area (Å²) in [6, 6.07) is 2.49. The third-order valence-corrected chi connectivity index (χ3v) is 4.19. The zero-order valence-corrected chi connectivity index (χ0v) is 11.0. The van der Waals surface area contributed by atoms with E-state index in [9.17, 15) is 4.79 Å². The largest absolute Gasteiger partial charge is 0.336 e. The minimum absolute atomic E-state index is 0.203. The molecule has 0 spiro atoms. The van der Waals surface area contributed by atoms with Crippen molar-refractivity contribution in [2.24, 2.45) is 0 Å². The van der Waals surface area contributed by atoms with Crippen LogP contribution in [0.4, 0.5) is 0 Å². The molecule has 1 aromatic heterocycles. The summed E-state index contributed by atoms with van der Waals surface area (Å²) in [4.78, 5) is 14.0. The lowest BCUT2D eigenvalue weighted by molar-refractivity contribution is 0.0753. The molecule has 0 unspecified atom stereocenters. The molecule has 1 amide bonds. The predicted molar refractivity (Wildman–Crippen MR) is 66.8 cm³/mol. The van der Waals surface area contributed by atoms with Crippen LogP contribution in [0.3, 0.4) is 0 Å². The minimum Gasteiger partial charge on any atom is -0.336 e. The van der Waals surface area contributed by atoms with Crippen LogP contribution in [0.1, 0.15) is 30.1 Å². The van der Waals surface area contributed by atoms with E-state index in [0.717, 1.165) is 12.1 Å². The van der Waals surface area contributed by atoms with Gasteiger partial charge in [-0.2, -0.15) is 0 Å². The van der Waals surface area contributed by atoms with E-state index in [1.54, 1.807) is 11.3 Å². The minimum atomic E-state index is 0.203. The van der Waals surface area contributed by atoms with E-state index in [4.69, 9.17) is 0 Å². The van der Waals surface area contributed by atoms with Crippen LogP contribution in [0.15, 0.2) is 11.4 Å². The zero-order valence-electron chi connectivity index (χ0n) is 8.00. The summed E-state index contributed by atoms with van der Waals surface area (Å²) in [5, 5.41) is 1.95. The first-order chi connectivity index (χ1) is 6.72. The van der Waals surface area contributed by atoms with Gasteiger partial charge in [-0.15, -0.1) is 11.3 Å². The fraction of sp³-hybridized carbons (Fsp3) is 0.500. The molecule has 0 saturated heterocycles. The Hall–Kier alpha value is -0.100. The summed E-state index contributed by atoms with van der Waals surface area (Å²) in [6.45, 7) is 2.88. The second-order valence-electron chi connectivity index (χ2n) is 3.46. The summed E-state index contributed by atoms with van der Waals surface area (Å²) < 4.78 is 1.18. The van der Waals surface area contributed by atoms with Gasteiger partial charge in [0.1, 0.15) is 0 Å². The maximum absolute atomic E-state index is 12.0. The smallest absolute Gasteiger partial charge is 0.254 e. The number of halogens is 1. The molecule has 1 aliphatic carbocycles. The number of hydrogen-bond donors (Lipinski definition) is 0. The van der Waals surface area contributed by atoms with Crippen molar-refractivity contribution in [3.05, 3.63) is 19.9 Å². The van der Waals surface area contributed by atoms with E-state index in [1.807, 2.05) is 23.3 Å². The van der Waals surface area contributed by atoms with E-state index < -0.39 is 0 Å². The van der Waals surface area contributed by atoms with Gasteiger partial charge in [-0.3, -0.25) is 4.79 Å². The molecule has 0 aliphatic heterocycles. The van der Waals surface area contributed by atoms with Crippen molar-refractivity contribution in [3.63, 3.8) is 0 Å². The second kappa shape index (κ2) is 4.18. The third-order valence-electron chi connectivity index (χ3n) is 2.40. The molecule has 2 nitrogen and oxygen atoms in total. The van der Waals surface area contributed by atoms with E-state index >= 15 is 0 Å². The van der Waals surface area contributed by atoms with Crippen molar-refractivity contribution >= 4 is 39.8 Å². The van der Waals surface area contributed by atoms with Crippen LogP contribution < -0.4 is 0 Å². The first-order valence-electron chi connectivity index (χ1n) is 4.77. The van der Waals surface area contributed by atoms with Crippen LogP contribution >= 0.6 is 33.9 Å². The van der Waals surface area contributed by atoms with Gasteiger partial charge in [-0.1, -0.05) is 0 Å². The molecule has 0 radical (unpaired) electrons. The zero-order chi connectivity index (χ0) is 10.1. The Kier molecular flexibility index (Phi) is 3.11. The normalized spacial score (nSPS) is 15.6. The molecule has 0 bridgehead atoms. The average molecular weight is 321 g/mol. The highest BCUT2D eigenvalue weighted by atomic mass is 127. The molecule has 1 heterocycles. The van der Waals surface area contributed by atoms with Gasteiger partial charge in [-0.05, 0) is 48.4 Å². The Bertz CT molecular complexity index is 346. The molecule has 0 atom stereocenters. The van der Waals surface area contributed by atoms with Crippen LogP contribution in [0.25, 0.3) is 0 Å². The van der Waals surface area contributed by atoms with Crippen molar-refractivity contribution in [1.82, 2.24) is 4.90 Å². The molecular formula is C10H12INOS. The number of nitrogens with zero attached hydrogens (tertiary/aromatic N) is 1. The van der Waals surface area contributed by atoms with Crippen molar-refractivity contribution < 1.29 is 4.79 Å². The maximum Gasteiger partial charge on any atom is 0.254 e. The van der Waals surface area contributed by atoms with Crippen LogP contribution in [-0.2, 0) is 0 Å². The molecule has 2 rings (SSSR count). The van der Waals surface area contributed by atoms with Gasteiger partial charge in [0.25, 0.3) is 5.91 Å². The lowest BCUT2D eigenvalue weighted by atomic mass is 10.3. The first kappa shape index (κ1) is 10.4. The summed E-state index contributed by atoms with van der Waals surface area (Å²) >= 11 is 3.88. The van der Waals surface area contributed by atoms with Crippen molar-refractivity contribution in [2.75, 3.05) is 6.54 Å². The van der Waals surface area contributed by atoms with Gasteiger partial charge in [0, 0.05) is 18.0 Å². The number of carbonyl (C=O) groups excluding carboxylic acids is 1. The van der Waals surface area contributed by atoms with Gasteiger partial charge < -0.3 is 4.90 Å². The first-order valence-corrected chi connectivity index (χ1v) is 6.73. The predicted octanol–water partition coefficient (Wildman–Crippen LogP) is 2.98. The molecule has 1 aliphatic rings. The van der Waals surface area contributed by atoms with E-state index in [0.29, 0.717) is 6.04 Å². The van der Waals surface area contributed by atoms with Gasteiger partial charge in [0.05, 0.1) is 8.45 Å². The number of hydrogen-bond acceptors (Lipinski definition) is 2. The molecule has 1 saturated carbocycles. The van der Waals surface area contributed by atoms with Gasteiger partial charge in [0.2, 0.25) is 0 Å². The molecule has 0 aromatic carbocycles. The number of amides is 1. The highest BCUT2D eigenvalue weighted by Gasteiger charge is 2.31. The van der Waals surface area contributed by atoms with Crippen molar-refractivity contribution in [2.45, 2.75) is 25.8 Å². The second-order valence-corrected chi connectivity index (χ2v) is 6.27. The van der Waals surface area contributed by atoms with Gasteiger partial charge >= 0.3 is 0 Å². The van der Waals surface area contributed by atoms with Crippen LogP contribution in [0, 0.1) is 2.88 Å². The topological polar surface area (TPSA) is 20.3 Å². The standard InChI is InChI=1S/C10H12INOS/c1-2-12(8-3-4-8)10(13)7-5-9(11)14-6-7/h5-6,8H,2-4H2,1H3. The third kappa shape index (κ3) is 2.11. The Morgan fingerprint density at radius 3 is 2.86 bits per heavy atom. The summed E-state index contributed by atoms with van der Waals surface area (Å²) in [5.74, 6) is 0.203. The molecular weight excluding hydrogens is 309 g/mol. The number of rotatable bonds is 3. The molecule has 0 N–H and O–H groups in total. The summed E-state index contributed by atoms with van der Waals surface area (Å²) in [7, 11) is 0. The van der Waals surface area contributed by atoms with Crippen molar-refractivity contribution in [1.29, 1.82) is 0 Å². The molecule has 1 aromatic rings. The highest BCUT2D eigenvalue weighted by Crippen LogP contribution is 2.28. The highest BCUT2D eigenvalue weighted by molar-refractivity contribution is 14.1. The summed E-state index contributed by atoms with van der Waals surface area (Å²) in [5.41, 5.74) is 0.855. The Morgan fingerprint density at radius 1 is 1.71 bits per heavy atom. The monoisotopic (exact) mass is 321 g/mol. The van der Waals surface area contributed by atoms with E-state index in [1.165, 1.54) is 15.7 Å². The molecule has 1 fully saturated rings. The van der Waals surface area contributed by atoms with Gasteiger partial charge in [-0.25, -0.2) is 0 Å². The molecule has 14 heavy (non-hydrogen) atoms. The van der Waals surface area contributed by atoms with E-state index in [-0.39, 0.29) is 5.91 Å². The average Bonchev–Trinajstić information content (AvgIpc) is 2.90. The van der Waals surface area contributed by atoms with Crippen LogP contribution in [0.5, 0.6) is 0 Å². The fourth-order valence-electron chi connectivity index (χ4n) is 1.54.